The second kappa shape index (κ2) is 18.1. The van der Waals surface area contributed by atoms with Crippen LogP contribution >= 0.6 is 0 Å². The number of allylic oxidation sites excluding steroid dienone is 4. The molecule has 0 aliphatic carbocycles. The molecule has 8 heteroatoms. The Balaban J connectivity index is 1.14. The van der Waals surface area contributed by atoms with Gasteiger partial charge in [0.25, 0.3) is 0 Å². The van der Waals surface area contributed by atoms with Crippen molar-refractivity contribution in [1.82, 2.24) is 19.9 Å². The van der Waals surface area contributed by atoms with Gasteiger partial charge in [0.05, 0.1) is 67.0 Å². The summed E-state index contributed by atoms with van der Waals surface area (Å²) in [6.45, 7) is 26.4. The van der Waals surface area contributed by atoms with E-state index in [-0.39, 0.29) is 0 Å². The molecule has 8 aromatic rings. The minimum atomic E-state index is 0.826. The third-order valence-corrected chi connectivity index (χ3v) is 16.7. The SMILES string of the molecule is Cc1cc(C)c(C2=c3ccc([nH]3)=C3C=C(C4=CC5=c6ccc([nH]6)=C(c6c(C)cc(C)cc6C)C6=NC(=c7ccc([nH]7)=C(c7c(C)cc(C)cc7C)C4=N5)C=C6)C(=N3)C(c3c(C)cc(C)cc3C)=c3ccc([nH]3)=C3C=CC2=N3)c(C)c1. The summed E-state index contributed by atoms with van der Waals surface area (Å²) in [7, 11) is 0. The number of fused-ring (bicyclic) bond motifs is 12. The normalized spacial score (nSPS) is 16.1. The quantitative estimate of drug-likeness (QED) is 0.132. The molecule has 4 aromatic heterocycles. The first-order valence-corrected chi connectivity index (χ1v) is 27.8. The van der Waals surface area contributed by atoms with Crippen LogP contribution in [0.4, 0.5) is 0 Å². The van der Waals surface area contributed by atoms with Crippen LogP contribution in [0.5, 0.6) is 0 Å². The number of benzene rings is 4. The summed E-state index contributed by atoms with van der Waals surface area (Å²) in [5.74, 6) is 0. The van der Waals surface area contributed by atoms with Gasteiger partial charge in [-0.2, -0.15) is 0 Å². The molecule has 16 bridgehead atoms. The number of rotatable bonds is 5. The Morgan fingerprint density at radius 2 is 0.512 bits per heavy atom. The van der Waals surface area contributed by atoms with Crippen molar-refractivity contribution < 1.29 is 0 Å². The third kappa shape index (κ3) is 7.79. The largest absolute Gasteiger partial charge is 0.353 e. The lowest BCUT2D eigenvalue weighted by molar-refractivity contribution is 1.22. The molecule has 6 aliphatic heterocycles. The minimum absolute atomic E-state index is 0.826. The Bertz CT molecular complexity index is 4630. The molecule has 0 atom stereocenters. The van der Waals surface area contributed by atoms with Gasteiger partial charge in [-0.25, -0.2) is 20.0 Å². The molecule has 14 rings (SSSR count). The van der Waals surface area contributed by atoms with Crippen molar-refractivity contribution in [2.45, 2.75) is 83.1 Å². The van der Waals surface area contributed by atoms with E-state index in [2.05, 4.69) is 237 Å². The number of aromatic amines is 4. The second-order valence-electron chi connectivity index (χ2n) is 23.0. The third-order valence-electron chi connectivity index (χ3n) is 16.7. The zero-order valence-corrected chi connectivity index (χ0v) is 47.5. The Morgan fingerprint density at radius 3 is 0.812 bits per heavy atom. The maximum Gasteiger partial charge on any atom is 0.0879 e. The predicted octanol–water partition coefficient (Wildman–Crippen LogP) is 8.84. The first-order chi connectivity index (χ1) is 38.5. The van der Waals surface area contributed by atoms with Gasteiger partial charge in [-0.05, 0) is 235 Å². The maximum atomic E-state index is 5.89. The van der Waals surface area contributed by atoms with Crippen molar-refractivity contribution in [3.8, 4) is 0 Å². The monoisotopic (exact) mass is 1040 g/mol. The molecule has 390 valence electrons. The van der Waals surface area contributed by atoms with Crippen molar-refractivity contribution >= 4 is 67.9 Å². The summed E-state index contributed by atoms with van der Waals surface area (Å²) >= 11 is 0. The van der Waals surface area contributed by atoms with Crippen LogP contribution in [-0.2, 0) is 0 Å². The Morgan fingerprint density at radius 1 is 0.263 bits per heavy atom. The number of aryl methyl sites for hydroxylation is 12. The predicted molar refractivity (Wildman–Crippen MR) is 331 cm³/mol. The van der Waals surface area contributed by atoms with Crippen LogP contribution in [0.2, 0.25) is 0 Å². The molecule has 0 spiro atoms. The Kier molecular flexibility index (Phi) is 11.1. The van der Waals surface area contributed by atoms with E-state index < -0.39 is 0 Å². The summed E-state index contributed by atoms with van der Waals surface area (Å²) < 4.78 is 0. The fraction of sp³-hybridized carbons (Fsp3) is 0.167. The molecule has 4 aromatic carbocycles. The summed E-state index contributed by atoms with van der Waals surface area (Å²) in [5, 5.41) is 7.53. The molecule has 0 radical (unpaired) electrons. The van der Waals surface area contributed by atoms with Crippen molar-refractivity contribution in [3.05, 3.63) is 276 Å². The Hall–Kier alpha value is -9.40. The Labute approximate surface area is 465 Å². The lowest BCUT2D eigenvalue weighted by Crippen LogP contribution is -2.25. The molecular formula is C72H62N8. The van der Waals surface area contributed by atoms with Gasteiger partial charge in [0.2, 0.25) is 0 Å². The molecule has 10 heterocycles. The highest BCUT2D eigenvalue weighted by Crippen LogP contribution is 2.40. The van der Waals surface area contributed by atoms with Crippen molar-refractivity contribution in [2.24, 2.45) is 20.0 Å². The van der Waals surface area contributed by atoms with E-state index in [1.807, 2.05) is 0 Å². The highest BCUT2D eigenvalue weighted by atomic mass is 14.9. The van der Waals surface area contributed by atoms with Gasteiger partial charge >= 0.3 is 0 Å². The van der Waals surface area contributed by atoms with E-state index in [1.165, 1.54) is 77.9 Å². The molecule has 0 saturated carbocycles. The highest BCUT2D eigenvalue weighted by Gasteiger charge is 2.34. The number of nitrogens with one attached hydrogen (secondary N) is 4. The molecule has 0 saturated heterocycles. The van der Waals surface area contributed by atoms with Crippen molar-refractivity contribution in [1.29, 1.82) is 0 Å². The molecule has 80 heavy (non-hydrogen) atoms. The van der Waals surface area contributed by atoms with Crippen LogP contribution in [0.1, 0.15) is 89.0 Å². The zero-order valence-electron chi connectivity index (χ0n) is 47.5. The number of H-pyrrole nitrogens is 4. The maximum absolute atomic E-state index is 5.89. The average molecular weight is 1040 g/mol. The average Bonchev–Trinajstić information content (AvgIpc) is 4.36. The fourth-order valence-corrected chi connectivity index (χ4v) is 13.8. The van der Waals surface area contributed by atoms with Crippen LogP contribution < -0.4 is 42.8 Å². The van der Waals surface area contributed by atoms with E-state index in [0.717, 1.165) is 133 Å². The molecule has 6 aliphatic rings. The summed E-state index contributed by atoms with van der Waals surface area (Å²) in [6, 6.07) is 35.8. The van der Waals surface area contributed by atoms with E-state index in [9.17, 15) is 0 Å². The lowest BCUT2D eigenvalue weighted by Gasteiger charge is -2.20. The number of aromatic nitrogens is 4. The lowest BCUT2D eigenvalue weighted by atomic mass is 9.83. The van der Waals surface area contributed by atoms with Gasteiger partial charge in [0.15, 0.2) is 0 Å². The van der Waals surface area contributed by atoms with Crippen LogP contribution in [0.15, 0.2) is 165 Å². The van der Waals surface area contributed by atoms with Gasteiger partial charge < -0.3 is 19.9 Å². The molecular weight excluding hydrogens is 977 g/mol. The van der Waals surface area contributed by atoms with E-state index in [0.29, 0.717) is 0 Å². The van der Waals surface area contributed by atoms with Crippen LogP contribution in [-0.4, -0.2) is 42.8 Å². The summed E-state index contributed by atoms with van der Waals surface area (Å²) in [4.78, 5) is 38.4. The van der Waals surface area contributed by atoms with Gasteiger partial charge in [-0.1, -0.05) is 70.8 Å². The molecule has 4 N–H and O–H groups in total. The van der Waals surface area contributed by atoms with E-state index >= 15 is 0 Å². The zero-order chi connectivity index (χ0) is 55.2. The van der Waals surface area contributed by atoms with Gasteiger partial charge in [-0.15, -0.1) is 0 Å². The molecule has 0 unspecified atom stereocenters. The number of hydrogen-bond donors (Lipinski definition) is 4. The van der Waals surface area contributed by atoms with Gasteiger partial charge in [0.1, 0.15) is 0 Å². The van der Waals surface area contributed by atoms with E-state index in [1.54, 1.807) is 0 Å². The van der Waals surface area contributed by atoms with Crippen molar-refractivity contribution in [2.75, 3.05) is 0 Å². The van der Waals surface area contributed by atoms with Crippen LogP contribution in [0, 0.1) is 83.1 Å². The standard InChI is InChI=1S/C72H62N8/c1-35-25-39(5)63(40(6)26-35)67-55-19-13-49(73-55)51-15-23-59(75-51)69(65-43(9)29-37(3)30-44(65)10)71-47(33-61(79-71)53-17-21-57(67)77-53)48-34-62-54-18-22-58(78-54)68(64-41(7)27-36(2)28-42(64)8)56-20-14-50(74-56)52-16-24-60(76-52)70(72(48)80-62)66-45(11)31-38(4)32-46(66)12/h13-34,75-78H,1-12H3. The first kappa shape index (κ1) is 48.9. The molecule has 8 nitrogen and oxygen atoms in total. The topological polar surface area (TPSA) is 113 Å². The van der Waals surface area contributed by atoms with Crippen LogP contribution in [0.3, 0.4) is 0 Å². The first-order valence-electron chi connectivity index (χ1n) is 27.8. The summed E-state index contributed by atoms with van der Waals surface area (Å²) in [5.41, 5.74) is 32.0. The number of nitrogens with zero attached hydrogens (tertiary/aromatic N) is 4. The highest BCUT2D eigenvalue weighted by molar-refractivity contribution is 6.45. The van der Waals surface area contributed by atoms with Crippen LogP contribution in [0.25, 0.3) is 45.1 Å². The number of hydrogen-bond acceptors (Lipinski definition) is 4. The van der Waals surface area contributed by atoms with Gasteiger partial charge in [0, 0.05) is 54.8 Å². The second-order valence-corrected chi connectivity index (χ2v) is 23.0. The minimum Gasteiger partial charge on any atom is -0.353 e. The smallest absolute Gasteiger partial charge is 0.0879 e. The molecule has 0 amide bonds. The fourth-order valence-electron chi connectivity index (χ4n) is 13.8. The number of aliphatic imine (C=N–C) groups is 4. The molecule has 0 fully saturated rings. The van der Waals surface area contributed by atoms with E-state index in [4.69, 9.17) is 20.0 Å². The van der Waals surface area contributed by atoms with Gasteiger partial charge in [-0.3, -0.25) is 0 Å². The van der Waals surface area contributed by atoms with Crippen molar-refractivity contribution in [3.63, 3.8) is 0 Å². The summed E-state index contributed by atoms with van der Waals surface area (Å²) in [6.07, 6.45) is 13.2.